The first kappa shape index (κ1) is 14.6. The van der Waals surface area contributed by atoms with Crippen LogP contribution in [0.3, 0.4) is 0 Å². The van der Waals surface area contributed by atoms with Crippen molar-refractivity contribution in [2.75, 3.05) is 18.9 Å². The minimum absolute atomic E-state index is 0.0160. The van der Waals surface area contributed by atoms with Crippen LogP contribution < -0.4 is 5.32 Å². The van der Waals surface area contributed by atoms with Crippen molar-refractivity contribution in [3.63, 3.8) is 0 Å². The van der Waals surface area contributed by atoms with Gasteiger partial charge in [-0.15, -0.1) is 0 Å². The number of amides is 1. The van der Waals surface area contributed by atoms with E-state index in [9.17, 15) is 18.0 Å². The fourth-order valence-electron chi connectivity index (χ4n) is 0.843. The molecule has 0 aromatic heterocycles. The average Bonchev–Trinajstić information content (AvgIpc) is 2.11. The number of carbonyl (C=O) groups excluding carboxylic acids is 1. The first-order chi connectivity index (χ1) is 6.95. The Balaban J connectivity index is 3.32. The van der Waals surface area contributed by atoms with Gasteiger partial charge < -0.3 is 10.4 Å². The molecule has 0 atom stereocenters. The van der Waals surface area contributed by atoms with Crippen molar-refractivity contribution in [2.24, 2.45) is 0 Å². The molecule has 0 heterocycles. The van der Waals surface area contributed by atoms with E-state index in [0.717, 1.165) is 0 Å². The second kappa shape index (κ2) is 7.81. The third kappa shape index (κ3) is 11.5. The lowest BCUT2D eigenvalue weighted by molar-refractivity contribution is -0.121. The molecule has 90 valence electrons. The summed E-state index contributed by atoms with van der Waals surface area (Å²) in [6, 6.07) is 0. The molecule has 7 heteroatoms. The van der Waals surface area contributed by atoms with Crippen LogP contribution in [0.4, 0.5) is 13.2 Å². The molecule has 0 rings (SSSR count). The van der Waals surface area contributed by atoms with Gasteiger partial charge in [-0.25, -0.2) is 0 Å². The molecule has 0 aromatic rings. The van der Waals surface area contributed by atoms with Crippen LogP contribution >= 0.6 is 11.8 Å². The highest BCUT2D eigenvalue weighted by molar-refractivity contribution is 8.00. The Morgan fingerprint density at radius 1 is 1.33 bits per heavy atom. The second-order valence-electron chi connectivity index (χ2n) is 2.82. The summed E-state index contributed by atoms with van der Waals surface area (Å²) in [5.74, 6) is -0.443. The number of alkyl halides is 3. The molecule has 2 N–H and O–H groups in total. The molecule has 0 aliphatic heterocycles. The quantitative estimate of drug-likeness (QED) is 0.669. The van der Waals surface area contributed by atoms with Crippen molar-refractivity contribution in [2.45, 2.75) is 24.8 Å². The molecule has 0 saturated heterocycles. The van der Waals surface area contributed by atoms with Gasteiger partial charge >= 0.3 is 5.51 Å². The van der Waals surface area contributed by atoms with Crippen molar-refractivity contribution in [1.29, 1.82) is 0 Å². The van der Waals surface area contributed by atoms with Gasteiger partial charge in [-0.3, -0.25) is 4.79 Å². The second-order valence-corrected chi connectivity index (χ2v) is 3.98. The highest BCUT2D eigenvalue weighted by atomic mass is 32.2. The van der Waals surface area contributed by atoms with Crippen molar-refractivity contribution >= 4 is 17.7 Å². The SMILES string of the molecule is O=C(CCCCO)NCCSC(F)(F)F. The Labute approximate surface area is 90.4 Å². The van der Waals surface area contributed by atoms with Gasteiger partial charge in [0.15, 0.2) is 0 Å². The van der Waals surface area contributed by atoms with E-state index in [2.05, 4.69) is 5.32 Å². The van der Waals surface area contributed by atoms with Gasteiger partial charge in [-0.05, 0) is 24.6 Å². The van der Waals surface area contributed by atoms with E-state index >= 15 is 0 Å². The fourth-order valence-corrected chi connectivity index (χ4v) is 1.28. The highest BCUT2D eigenvalue weighted by Gasteiger charge is 2.27. The zero-order chi connectivity index (χ0) is 11.7. The summed E-state index contributed by atoms with van der Waals surface area (Å²) in [5, 5.41) is 10.8. The van der Waals surface area contributed by atoms with E-state index in [-0.39, 0.29) is 43.0 Å². The van der Waals surface area contributed by atoms with Crippen LogP contribution in [0, 0.1) is 0 Å². The number of unbranched alkanes of at least 4 members (excludes halogenated alkanes) is 1. The molecule has 3 nitrogen and oxygen atoms in total. The molecule has 0 radical (unpaired) electrons. The van der Waals surface area contributed by atoms with Gasteiger partial charge in [-0.2, -0.15) is 13.2 Å². The van der Waals surface area contributed by atoms with Crippen LogP contribution in [0.5, 0.6) is 0 Å². The maximum Gasteiger partial charge on any atom is 0.441 e. The van der Waals surface area contributed by atoms with Gasteiger partial charge in [0.25, 0.3) is 0 Å². The van der Waals surface area contributed by atoms with E-state index in [4.69, 9.17) is 5.11 Å². The molecular formula is C8H14F3NO2S. The normalized spacial score (nSPS) is 11.5. The molecule has 0 saturated carbocycles. The highest BCUT2D eigenvalue weighted by Crippen LogP contribution is 2.29. The predicted octanol–water partition coefficient (Wildman–Crippen LogP) is 1.52. The number of aliphatic hydroxyl groups is 1. The first-order valence-corrected chi connectivity index (χ1v) is 5.52. The Kier molecular flexibility index (Phi) is 7.59. The maximum atomic E-state index is 11.7. The number of hydrogen-bond acceptors (Lipinski definition) is 3. The van der Waals surface area contributed by atoms with Crippen LogP contribution in [0.25, 0.3) is 0 Å². The van der Waals surface area contributed by atoms with Crippen LogP contribution in [0.1, 0.15) is 19.3 Å². The van der Waals surface area contributed by atoms with Gasteiger partial charge in [0, 0.05) is 25.3 Å². The average molecular weight is 245 g/mol. The summed E-state index contributed by atoms with van der Waals surface area (Å²) in [7, 11) is 0. The Bertz CT molecular complexity index is 187. The van der Waals surface area contributed by atoms with Gasteiger partial charge in [0.2, 0.25) is 5.91 Å². The molecule has 15 heavy (non-hydrogen) atoms. The van der Waals surface area contributed by atoms with E-state index in [0.29, 0.717) is 12.8 Å². The number of aliphatic hydroxyl groups excluding tert-OH is 1. The van der Waals surface area contributed by atoms with Crippen molar-refractivity contribution in [3.05, 3.63) is 0 Å². The number of carbonyl (C=O) groups is 1. The summed E-state index contributed by atoms with van der Waals surface area (Å²) in [6.07, 6.45) is 1.33. The third-order valence-electron chi connectivity index (χ3n) is 1.50. The molecule has 0 aromatic carbocycles. The predicted molar refractivity (Wildman–Crippen MR) is 52.5 cm³/mol. The minimum Gasteiger partial charge on any atom is -0.396 e. The van der Waals surface area contributed by atoms with Crippen molar-refractivity contribution in [1.82, 2.24) is 5.32 Å². The molecule has 0 bridgehead atoms. The van der Waals surface area contributed by atoms with Crippen LogP contribution in [-0.4, -0.2) is 35.4 Å². The summed E-state index contributed by atoms with van der Waals surface area (Å²) in [4.78, 5) is 11.0. The summed E-state index contributed by atoms with van der Waals surface area (Å²) in [5.41, 5.74) is -4.23. The Morgan fingerprint density at radius 2 is 2.00 bits per heavy atom. The first-order valence-electron chi connectivity index (χ1n) is 4.54. The molecule has 0 unspecified atom stereocenters. The lowest BCUT2D eigenvalue weighted by atomic mass is 10.2. The van der Waals surface area contributed by atoms with Gasteiger partial charge in [0.1, 0.15) is 0 Å². The largest absolute Gasteiger partial charge is 0.441 e. The monoisotopic (exact) mass is 245 g/mol. The number of nitrogens with one attached hydrogen (secondary N) is 1. The number of thioether (sulfide) groups is 1. The van der Waals surface area contributed by atoms with Crippen molar-refractivity contribution < 1.29 is 23.1 Å². The lowest BCUT2D eigenvalue weighted by Crippen LogP contribution is -2.26. The topological polar surface area (TPSA) is 49.3 Å². The van der Waals surface area contributed by atoms with E-state index in [1.165, 1.54) is 0 Å². The molecule has 0 spiro atoms. The standard InChI is InChI=1S/C8H14F3NO2S/c9-8(10,11)15-6-4-12-7(14)3-1-2-5-13/h13H,1-6H2,(H,12,14). The molecule has 0 aliphatic rings. The summed E-state index contributed by atoms with van der Waals surface area (Å²) in [6.45, 7) is 0.0410. The Hall–Kier alpha value is -0.430. The smallest absolute Gasteiger partial charge is 0.396 e. The van der Waals surface area contributed by atoms with Crippen LogP contribution in [0.15, 0.2) is 0 Å². The zero-order valence-electron chi connectivity index (χ0n) is 8.14. The Morgan fingerprint density at radius 3 is 2.53 bits per heavy atom. The van der Waals surface area contributed by atoms with E-state index in [1.54, 1.807) is 0 Å². The van der Waals surface area contributed by atoms with Crippen LogP contribution in [-0.2, 0) is 4.79 Å². The molecule has 0 fully saturated rings. The van der Waals surface area contributed by atoms with E-state index in [1.807, 2.05) is 0 Å². The van der Waals surface area contributed by atoms with Gasteiger partial charge in [0.05, 0.1) is 0 Å². The van der Waals surface area contributed by atoms with Gasteiger partial charge in [-0.1, -0.05) is 0 Å². The summed E-state index contributed by atoms with van der Waals surface area (Å²) < 4.78 is 35.0. The van der Waals surface area contributed by atoms with E-state index < -0.39 is 5.51 Å². The zero-order valence-corrected chi connectivity index (χ0v) is 8.96. The number of rotatable bonds is 7. The summed E-state index contributed by atoms with van der Waals surface area (Å²) >= 11 is -0.151. The lowest BCUT2D eigenvalue weighted by Gasteiger charge is -2.06. The van der Waals surface area contributed by atoms with Crippen LogP contribution in [0.2, 0.25) is 0 Å². The molecular weight excluding hydrogens is 231 g/mol. The molecule has 0 aliphatic carbocycles. The minimum atomic E-state index is -4.23. The fraction of sp³-hybridized carbons (Fsp3) is 0.875. The third-order valence-corrected chi connectivity index (χ3v) is 2.24. The number of hydrogen-bond donors (Lipinski definition) is 2. The van der Waals surface area contributed by atoms with Crippen molar-refractivity contribution in [3.8, 4) is 0 Å². The number of halogens is 3. The maximum absolute atomic E-state index is 11.7. The molecule has 1 amide bonds.